The predicted molar refractivity (Wildman–Crippen MR) is 150 cm³/mol. The summed E-state index contributed by atoms with van der Waals surface area (Å²) in [7, 11) is -3.25. The van der Waals surface area contributed by atoms with Crippen molar-refractivity contribution in [2.24, 2.45) is 11.3 Å². The molecule has 2 aliphatic rings. The fourth-order valence-electron chi connectivity index (χ4n) is 5.86. The topological polar surface area (TPSA) is 91.8 Å². The molecule has 1 aliphatic heterocycles. The van der Waals surface area contributed by atoms with E-state index in [9.17, 15) is 23.1 Å². The van der Waals surface area contributed by atoms with Crippen LogP contribution >= 0.6 is 23.2 Å². The Balaban J connectivity index is 1.80. The summed E-state index contributed by atoms with van der Waals surface area (Å²) in [6.45, 7) is 3.66. The molecule has 1 aliphatic carbocycles. The summed E-state index contributed by atoms with van der Waals surface area (Å²) in [4.78, 5) is 28.0. The van der Waals surface area contributed by atoms with Crippen LogP contribution < -0.4 is 0 Å². The van der Waals surface area contributed by atoms with Crippen LogP contribution in [-0.4, -0.2) is 47.8 Å². The fraction of sp³-hybridized carbons (Fsp3) is 0.517. The number of carbonyl (C=O) groups excluding carboxylic acids is 1. The summed E-state index contributed by atoms with van der Waals surface area (Å²) in [5, 5.41) is 10.9. The standard InChI is InChI=1S/C29H35Cl2NO5S/c1-3-24(13-14-38(36,37)18-19-7-8-19)32-27(20-9-11-22(30)12-10-20)25(21-5-4-6-23(31)15-21)16-29(2,28(32)35)17-26(33)34/h4-6,9-12,15,19,24-25,27H,3,7-8,13-14,16-18H2,1-2H3,(H,33,34). The van der Waals surface area contributed by atoms with Crippen molar-refractivity contribution in [3.8, 4) is 0 Å². The van der Waals surface area contributed by atoms with Gasteiger partial charge in [0, 0.05) is 22.0 Å². The van der Waals surface area contributed by atoms with Crippen LogP contribution in [0.4, 0.5) is 0 Å². The Morgan fingerprint density at radius 1 is 1.11 bits per heavy atom. The molecule has 1 heterocycles. The number of carbonyl (C=O) groups is 2. The van der Waals surface area contributed by atoms with Gasteiger partial charge in [-0.05, 0) is 73.4 Å². The smallest absolute Gasteiger partial charge is 0.304 e. The van der Waals surface area contributed by atoms with E-state index in [1.807, 2.05) is 37.3 Å². The maximum atomic E-state index is 14.3. The maximum absolute atomic E-state index is 14.3. The minimum absolute atomic E-state index is 0.00337. The molecule has 1 N–H and O–H groups in total. The van der Waals surface area contributed by atoms with Crippen LogP contribution in [0, 0.1) is 11.3 Å². The van der Waals surface area contributed by atoms with Crippen molar-refractivity contribution < 1.29 is 23.1 Å². The third-order valence-corrected chi connectivity index (χ3v) is 10.3. The van der Waals surface area contributed by atoms with Gasteiger partial charge in [0.25, 0.3) is 0 Å². The molecule has 0 bridgehead atoms. The van der Waals surface area contributed by atoms with E-state index in [0.717, 1.165) is 24.0 Å². The van der Waals surface area contributed by atoms with E-state index in [4.69, 9.17) is 23.2 Å². The Morgan fingerprint density at radius 3 is 2.37 bits per heavy atom. The molecule has 6 nitrogen and oxygen atoms in total. The van der Waals surface area contributed by atoms with Gasteiger partial charge in [-0.3, -0.25) is 9.59 Å². The second-order valence-corrected chi connectivity index (χ2v) is 14.2. The molecule has 2 aromatic carbocycles. The highest BCUT2D eigenvalue weighted by Gasteiger charge is 2.52. The molecule has 4 unspecified atom stereocenters. The number of sulfone groups is 1. The van der Waals surface area contributed by atoms with E-state index in [0.29, 0.717) is 29.3 Å². The Bertz CT molecular complexity index is 1280. The van der Waals surface area contributed by atoms with E-state index >= 15 is 0 Å². The lowest BCUT2D eigenvalue weighted by Crippen LogP contribution is -2.56. The van der Waals surface area contributed by atoms with Crippen LogP contribution in [0.25, 0.3) is 0 Å². The molecular weight excluding hydrogens is 545 g/mol. The number of carboxylic acids is 1. The van der Waals surface area contributed by atoms with E-state index in [1.54, 1.807) is 30.0 Å². The monoisotopic (exact) mass is 579 g/mol. The first-order chi connectivity index (χ1) is 17.9. The van der Waals surface area contributed by atoms with Gasteiger partial charge in [0.05, 0.1) is 29.4 Å². The molecule has 4 rings (SSSR count). The van der Waals surface area contributed by atoms with E-state index in [2.05, 4.69) is 0 Å². The van der Waals surface area contributed by atoms with Crippen molar-refractivity contribution in [2.75, 3.05) is 11.5 Å². The van der Waals surface area contributed by atoms with Crippen molar-refractivity contribution in [3.05, 3.63) is 69.7 Å². The van der Waals surface area contributed by atoms with Gasteiger partial charge in [-0.25, -0.2) is 8.42 Å². The number of aliphatic carboxylic acids is 1. The summed E-state index contributed by atoms with van der Waals surface area (Å²) >= 11 is 12.6. The predicted octanol–water partition coefficient (Wildman–Crippen LogP) is 6.53. The molecular formula is C29H35Cl2NO5S. The second kappa shape index (κ2) is 11.6. The maximum Gasteiger partial charge on any atom is 0.304 e. The summed E-state index contributed by atoms with van der Waals surface area (Å²) in [6.07, 6.45) is 2.75. The van der Waals surface area contributed by atoms with Gasteiger partial charge in [0.1, 0.15) is 0 Å². The number of halogens is 2. The van der Waals surface area contributed by atoms with Gasteiger partial charge in [-0.15, -0.1) is 0 Å². The number of likely N-dealkylation sites (tertiary alicyclic amines) is 1. The van der Waals surface area contributed by atoms with Gasteiger partial charge in [0.15, 0.2) is 9.84 Å². The molecule has 38 heavy (non-hydrogen) atoms. The van der Waals surface area contributed by atoms with E-state index in [1.165, 1.54) is 0 Å². The molecule has 206 valence electrons. The lowest BCUT2D eigenvalue weighted by Gasteiger charge is -2.52. The first-order valence-electron chi connectivity index (χ1n) is 13.2. The van der Waals surface area contributed by atoms with E-state index < -0.39 is 27.3 Å². The SMILES string of the molecule is CCC(CCS(=O)(=O)CC1CC1)N1C(=O)C(C)(CC(=O)O)CC(c2cccc(Cl)c2)C1c1ccc(Cl)cc1. The number of amides is 1. The quantitative estimate of drug-likeness (QED) is 0.327. The molecule has 1 saturated carbocycles. The highest BCUT2D eigenvalue weighted by Crippen LogP contribution is 2.52. The van der Waals surface area contributed by atoms with Gasteiger partial charge in [0.2, 0.25) is 5.91 Å². The minimum atomic E-state index is -3.25. The summed E-state index contributed by atoms with van der Waals surface area (Å²) < 4.78 is 25.7. The van der Waals surface area contributed by atoms with Gasteiger partial charge in [-0.2, -0.15) is 0 Å². The van der Waals surface area contributed by atoms with Gasteiger partial charge in [-0.1, -0.05) is 61.3 Å². The zero-order valence-corrected chi connectivity index (χ0v) is 24.1. The van der Waals surface area contributed by atoms with Crippen LogP contribution in [0.1, 0.15) is 75.5 Å². The molecule has 0 spiro atoms. The number of piperidine rings is 1. The number of benzene rings is 2. The Labute approximate surface area is 235 Å². The molecule has 1 saturated heterocycles. The highest BCUT2D eigenvalue weighted by molar-refractivity contribution is 7.91. The molecule has 0 radical (unpaired) electrons. The second-order valence-electron chi connectivity index (χ2n) is 11.1. The third kappa shape index (κ3) is 6.72. The number of rotatable bonds is 11. The van der Waals surface area contributed by atoms with Crippen molar-refractivity contribution in [1.82, 2.24) is 4.90 Å². The molecule has 0 aromatic heterocycles. The number of nitrogens with zero attached hydrogens (tertiary/aromatic N) is 1. The van der Waals surface area contributed by atoms with Crippen molar-refractivity contribution in [2.45, 2.75) is 70.4 Å². The third-order valence-electron chi connectivity index (χ3n) is 7.95. The Kier molecular flexibility index (Phi) is 8.80. The average molecular weight is 581 g/mol. The van der Waals surface area contributed by atoms with Crippen molar-refractivity contribution in [3.63, 3.8) is 0 Å². The minimum Gasteiger partial charge on any atom is -0.481 e. The Hall–Kier alpha value is -2.09. The van der Waals surface area contributed by atoms with Crippen molar-refractivity contribution in [1.29, 1.82) is 0 Å². The van der Waals surface area contributed by atoms with Crippen LogP contribution in [0.3, 0.4) is 0 Å². The number of carboxylic acid groups (broad SMARTS) is 1. The van der Waals surface area contributed by atoms with Crippen LogP contribution in [0.2, 0.25) is 10.0 Å². The molecule has 1 amide bonds. The van der Waals surface area contributed by atoms with Crippen LogP contribution in [-0.2, 0) is 19.4 Å². The zero-order chi connectivity index (χ0) is 27.7. The normalized spacial score (nSPS) is 24.8. The molecule has 2 aromatic rings. The molecule has 9 heteroatoms. The zero-order valence-electron chi connectivity index (χ0n) is 21.8. The molecule has 4 atom stereocenters. The summed E-state index contributed by atoms with van der Waals surface area (Å²) in [5.41, 5.74) is 0.606. The number of hydrogen-bond donors (Lipinski definition) is 1. The molecule has 2 fully saturated rings. The largest absolute Gasteiger partial charge is 0.481 e. The lowest BCUT2D eigenvalue weighted by molar-refractivity contribution is -0.160. The van der Waals surface area contributed by atoms with Crippen LogP contribution in [0.5, 0.6) is 0 Å². The highest BCUT2D eigenvalue weighted by atomic mass is 35.5. The Morgan fingerprint density at radius 2 is 1.79 bits per heavy atom. The van der Waals surface area contributed by atoms with Gasteiger partial charge < -0.3 is 10.0 Å². The first-order valence-corrected chi connectivity index (χ1v) is 15.8. The number of hydrogen-bond acceptors (Lipinski definition) is 4. The van der Waals surface area contributed by atoms with Gasteiger partial charge >= 0.3 is 5.97 Å². The summed E-state index contributed by atoms with van der Waals surface area (Å²) in [5.74, 6) is -1.12. The van der Waals surface area contributed by atoms with Crippen LogP contribution in [0.15, 0.2) is 48.5 Å². The average Bonchev–Trinajstić information content (AvgIpc) is 3.65. The fourth-order valence-corrected chi connectivity index (χ4v) is 8.04. The van der Waals surface area contributed by atoms with E-state index in [-0.39, 0.29) is 41.7 Å². The first kappa shape index (κ1) is 28.9. The van der Waals surface area contributed by atoms with Crippen molar-refractivity contribution >= 4 is 44.9 Å². The lowest BCUT2D eigenvalue weighted by atomic mass is 9.67. The summed E-state index contributed by atoms with van der Waals surface area (Å²) in [6, 6.07) is 14.0.